The van der Waals surface area contributed by atoms with Crippen molar-refractivity contribution < 1.29 is 13.9 Å². The summed E-state index contributed by atoms with van der Waals surface area (Å²) in [5.41, 5.74) is 4.50. The predicted molar refractivity (Wildman–Crippen MR) is 125 cm³/mol. The van der Waals surface area contributed by atoms with E-state index in [-0.39, 0.29) is 11.5 Å². The Kier molecular flexibility index (Phi) is 6.76. The number of carbonyl (C=O) groups is 1. The predicted octanol–water partition coefficient (Wildman–Crippen LogP) is 5.21. The Morgan fingerprint density at radius 1 is 1.19 bits per heavy atom. The van der Waals surface area contributed by atoms with Gasteiger partial charge in [-0.3, -0.25) is 4.79 Å². The highest BCUT2D eigenvalue weighted by Crippen LogP contribution is 2.25. The minimum Gasteiger partial charge on any atom is -0.494 e. The summed E-state index contributed by atoms with van der Waals surface area (Å²) >= 11 is 2.84. The molecule has 3 aromatic heterocycles. The first-order valence-corrected chi connectivity index (χ1v) is 12.1. The molecule has 0 unspecified atom stereocenters. The highest BCUT2D eigenvalue weighted by atomic mass is 32.2. The Bertz CT molecular complexity index is 1220. The van der Waals surface area contributed by atoms with Crippen LogP contribution in [0.1, 0.15) is 45.3 Å². The second kappa shape index (κ2) is 9.70. The first-order chi connectivity index (χ1) is 15.4. The van der Waals surface area contributed by atoms with Gasteiger partial charge in [-0.1, -0.05) is 11.8 Å². The van der Waals surface area contributed by atoms with E-state index in [1.165, 1.54) is 11.8 Å². The molecule has 0 aliphatic rings. The molecule has 0 saturated carbocycles. The number of ketones is 1. The van der Waals surface area contributed by atoms with E-state index in [2.05, 4.69) is 19.7 Å². The summed E-state index contributed by atoms with van der Waals surface area (Å²) < 4.78 is 13.3. The molecule has 0 aliphatic heterocycles. The van der Waals surface area contributed by atoms with Crippen LogP contribution in [0.25, 0.3) is 5.69 Å². The lowest BCUT2D eigenvalue weighted by Gasteiger charge is -2.11. The molecular formula is C23H24N4O3S2. The van der Waals surface area contributed by atoms with Crippen molar-refractivity contribution in [2.75, 3.05) is 12.4 Å². The fraction of sp³-hybridized carbons (Fsp3) is 0.304. The smallest absolute Gasteiger partial charge is 0.277 e. The molecule has 9 heteroatoms. The van der Waals surface area contributed by atoms with Crippen LogP contribution in [0.15, 0.2) is 45.4 Å². The van der Waals surface area contributed by atoms with Gasteiger partial charge < -0.3 is 13.7 Å². The molecule has 7 nitrogen and oxygen atoms in total. The molecule has 4 aromatic rings. The molecule has 32 heavy (non-hydrogen) atoms. The molecular weight excluding hydrogens is 444 g/mol. The number of rotatable bonds is 9. The van der Waals surface area contributed by atoms with Crippen molar-refractivity contribution in [1.29, 1.82) is 0 Å². The van der Waals surface area contributed by atoms with Crippen molar-refractivity contribution in [3.05, 3.63) is 69.3 Å². The lowest BCUT2D eigenvalue weighted by Crippen LogP contribution is -2.05. The Balaban J connectivity index is 1.42. The quantitative estimate of drug-likeness (QED) is 0.246. The van der Waals surface area contributed by atoms with Crippen molar-refractivity contribution in [2.45, 2.75) is 39.3 Å². The fourth-order valence-corrected chi connectivity index (χ4v) is 4.79. The zero-order chi connectivity index (χ0) is 22.7. The summed E-state index contributed by atoms with van der Waals surface area (Å²) in [6, 6.07) is 9.80. The van der Waals surface area contributed by atoms with Crippen LogP contribution in [-0.4, -0.2) is 37.9 Å². The Labute approximate surface area is 194 Å². The van der Waals surface area contributed by atoms with Crippen LogP contribution in [0.2, 0.25) is 0 Å². The molecule has 0 saturated heterocycles. The van der Waals surface area contributed by atoms with Gasteiger partial charge in [-0.15, -0.1) is 21.5 Å². The van der Waals surface area contributed by atoms with Crippen molar-refractivity contribution in [2.24, 2.45) is 0 Å². The van der Waals surface area contributed by atoms with E-state index >= 15 is 0 Å². The second-order valence-electron chi connectivity index (χ2n) is 7.26. The third-order valence-electron chi connectivity index (χ3n) is 4.91. The van der Waals surface area contributed by atoms with Gasteiger partial charge in [0, 0.05) is 28.0 Å². The highest BCUT2D eigenvalue weighted by Gasteiger charge is 2.18. The fourth-order valence-electron chi connectivity index (χ4n) is 3.52. The van der Waals surface area contributed by atoms with Gasteiger partial charge in [-0.2, -0.15) is 0 Å². The monoisotopic (exact) mass is 468 g/mol. The number of Topliss-reactive ketones (excluding diaryl/α,β-unsaturated/α-hetero) is 1. The van der Waals surface area contributed by atoms with Crippen LogP contribution in [0.4, 0.5) is 0 Å². The van der Waals surface area contributed by atoms with Crippen LogP contribution in [0.5, 0.6) is 5.75 Å². The van der Waals surface area contributed by atoms with Crippen LogP contribution in [0, 0.1) is 20.8 Å². The summed E-state index contributed by atoms with van der Waals surface area (Å²) in [5, 5.41) is 11.5. The molecule has 4 rings (SSSR count). The molecule has 0 fully saturated rings. The van der Waals surface area contributed by atoms with Gasteiger partial charge in [0.25, 0.3) is 5.22 Å². The lowest BCUT2D eigenvalue weighted by atomic mass is 10.2. The SMILES string of the molecule is CCOc1ccc(-n2c(C)cc(C(=O)CSc3nnc(Cc4csc(C)n4)o3)c2C)cc1. The van der Waals surface area contributed by atoms with Gasteiger partial charge >= 0.3 is 0 Å². The second-order valence-corrected chi connectivity index (χ2v) is 9.24. The third-order valence-corrected chi connectivity index (χ3v) is 6.55. The first kappa shape index (κ1) is 22.3. The summed E-state index contributed by atoms with van der Waals surface area (Å²) in [6.45, 7) is 8.51. The van der Waals surface area contributed by atoms with Crippen LogP contribution < -0.4 is 4.74 Å². The molecule has 0 N–H and O–H groups in total. The van der Waals surface area contributed by atoms with Gasteiger partial charge in [0.2, 0.25) is 5.89 Å². The van der Waals surface area contributed by atoms with E-state index in [9.17, 15) is 4.79 Å². The number of nitrogens with zero attached hydrogens (tertiary/aromatic N) is 4. The van der Waals surface area contributed by atoms with E-state index in [1.54, 1.807) is 11.3 Å². The van der Waals surface area contributed by atoms with Crippen molar-refractivity contribution in [3.8, 4) is 11.4 Å². The number of aromatic nitrogens is 4. The number of carbonyl (C=O) groups excluding carboxylic acids is 1. The third kappa shape index (κ3) is 4.94. The highest BCUT2D eigenvalue weighted by molar-refractivity contribution is 7.99. The lowest BCUT2D eigenvalue weighted by molar-refractivity contribution is 0.102. The van der Waals surface area contributed by atoms with E-state index in [4.69, 9.17) is 9.15 Å². The molecule has 0 aliphatic carbocycles. The summed E-state index contributed by atoms with van der Waals surface area (Å²) in [4.78, 5) is 17.3. The zero-order valence-electron chi connectivity index (χ0n) is 18.4. The minimum atomic E-state index is 0.0233. The Hall–Kier alpha value is -2.91. The first-order valence-electron chi connectivity index (χ1n) is 10.3. The Morgan fingerprint density at radius 2 is 1.97 bits per heavy atom. The maximum Gasteiger partial charge on any atom is 0.277 e. The number of aryl methyl sites for hydroxylation is 2. The maximum absolute atomic E-state index is 12.9. The summed E-state index contributed by atoms with van der Waals surface area (Å²) in [7, 11) is 0. The summed E-state index contributed by atoms with van der Waals surface area (Å²) in [5.74, 6) is 1.58. The number of thioether (sulfide) groups is 1. The van der Waals surface area contributed by atoms with Gasteiger partial charge in [-0.25, -0.2) is 4.98 Å². The maximum atomic E-state index is 12.9. The minimum absolute atomic E-state index is 0.0233. The normalized spacial score (nSPS) is 11.1. The average molecular weight is 469 g/mol. The van der Waals surface area contributed by atoms with Crippen molar-refractivity contribution in [3.63, 3.8) is 0 Å². The van der Waals surface area contributed by atoms with Gasteiger partial charge in [0.05, 0.1) is 29.5 Å². The van der Waals surface area contributed by atoms with E-state index < -0.39 is 0 Å². The van der Waals surface area contributed by atoms with Crippen molar-refractivity contribution >= 4 is 28.9 Å². The molecule has 0 amide bonds. The number of benzene rings is 1. The molecule has 166 valence electrons. The largest absolute Gasteiger partial charge is 0.494 e. The van der Waals surface area contributed by atoms with Crippen LogP contribution in [0.3, 0.4) is 0 Å². The van der Waals surface area contributed by atoms with Gasteiger partial charge in [-0.05, 0) is 58.0 Å². The van der Waals surface area contributed by atoms with Gasteiger partial charge in [0.1, 0.15) is 5.75 Å². The topological polar surface area (TPSA) is 83.0 Å². The van der Waals surface area contributed by atoms with Crippen molar-refractivity contribution in [1.82, 2.24) is 19.7 Å². The molecule has 0 radical (unpaired) electrons. The molecule has 0 spiro atoms. The van der Waals surface area contributed by atoms with E-state index in [0.29, 0.717) is 29.7 Å². The van der Waals surface area contributed by atoms with E-state index in [1.807, 2.05) is 63.4 Å². The van der Waals surface area contributed by atoms with Crippen LogP contribution >= 0.6 is 23.1 Å². The Morgan fingerprint density at radius 3 is 2.66 bits per heavy atom. The summed E-state index contributed by atoms with van der Waals surface area (Å²) in [6.07, 6.45) is 0.495. The van der Waals surface area contributed by atoms with Crippen LogP contribution in [-0.2, 0) is 6.42 Å². The zero-order valence-corrected chi connectivity index (χ0v) is 20.0. The molecule has 1 aromatic carbocycles. The number of thiazole rings is 1. The van der Waals surface area contributed by atoms with Gasteiger partial charge in [0.15, 0.2) is 5.78 Å². The number of hydrogen-bond donors (Lipinski definition) is 0. The molecule has 0 atom stereocenters. The standard InChI is InChI=1S/C23H24N4O3S2/c1-5-29-19-8-6-18(7-9-19)27-14(2)10-20(15(27)3)21(28)13-32-23-26-25-22(30-23)11-17-12-31-16(4)24-17/h6-10,12H,5,11,13H2,1-4H3. The molecule has 0 bridgehead atoms. The average Bonchev–Trinajstić information content (AvgIpc) is 3.47. The number of hydrogen-bond acceptors (Lipinski definition) is 8. The van der Waals surface area contributed by atoms with E-state index in [0.717, 1.165) is 33.5 Å². The number of ether oxygens (including phenoxy) is 1. The molecule has 3 heterocycles.